The lowest BCUT2D eigenvalue weighted by Crippen LogP contribution is -2.28. The van der Waals surface area contributed by atoms with Gasteiger partial charge in [0.25, 0.3) is 0 Å². The van der Waals surface area contributed by atoms with E-state index in [0.717, 1.165) is 13.0 Å². The molecule has 0 spiro atoms. The van der Waals surface area contributed by atoms with E-state index in [0.29, 0.717) is 22.8 Å². The maximum atomic E-state index is 4.56. The summed E-state index contributed by atoms with van der Waals surface area (Å²) in [6.45, 7) is 12.8. The molecule has 1 aliphatic rings. The van der Waals surface area contributed by atoms with Crippen LogP contribution in [0.2, 0.25) is 0 Å². The van der Waals surface area contributed by atoms with E-state index in [-0.39, 0.29) is 0 Å². The molecule has 1 unspecified atom stereocenters. The van der Waals surface area contributed by atoms with E-state index < -0.39 is 0 Å². The van der Waals surface area contributed by atoms with Gasteiger partial charge in [-0.1, -0.05) is 34.6 Å². The number of hydrogen-bond acceptors (Lipinski definition) is 2. The van der Waals surface area contributed by atoms with Gasteiger partial charge >= 0.3 is 0 Å². The van der Waals surface area contributed by atoms with Crippen LogP contribution in [0.3, 0.4) is 0 Å². The van der Waals surface area contributed by atoms with Gasteiger partial charge in [-0.2, -0.15) is 0 Å². The van der Waals surface area contributed by atoms with Crippen LogP contribution in [0.25, 0.3) is 0 Å². The van der Waals surface area contributed by atoms with Gasteiger partial charge in [-0.05, 0) is 29.7 Å². The molecule has 0 radical (unpaired) electrons. The summed E-state index contributed by atoms with van der Waals surface area (Å²) >= 11 is 0. The molecule has 1 aliphatic carbocycles. The van der Waals surface area contributed by atoms with Gasteiger partial charge in [-0.3, -0.25) is 0 Å². The summed E-state index contributed by atoms with van der Waals surface area (Å²) in [6.07, 6.45) is 5.10. The number of aromatic nitrogens is 2. The van der Waals surface area contributed by atoms with Gasteiger partial charge in [0.1, 0.15) is 5.82 Å². The highest BCUT2D eigenvalue weighted by Gasteiger charge is 2.67. The number of aryl methyl sites for hydroxylation is 1. The Morgan fingerprint density at radius 3 is 2.33 bits per heavy atom. The fraction of sp³-hybridized carbons (Fsp3) is 0.800. The molecule has 0 saturated heterocycles. The first kappa shape index (κ1) is 13.6. The Morgan fingerprint density at radius 1 is 1.33 bits per heavy atom. The summed E-state index contributed by atoms with van der Waals surface area (Å²) < 4.78 is 2.15. The van der Waals surface area contributed by atoms with E-state index in [2.05, 4.69) is 56.5 Å². The van der Waals surface area contributed by atoms with Gasteiger partial charge in [0, 0.05) is 19.4 Å². The molecular formula is C15H27N3. The predicted octanol–water partition coefficient (Wildman–Crippen LogP) is 3.14. The molecule has 1 saturated carbocycles. The first-order chi connectivity index (χ1) is 8.34. The molecule has 1 heterocycles. The number of nitrogens with one attached hydrogen (secondary N) is 1. The Balaban J connectivity index is 2.26. The minimum Gasteiger partial charge on any atom is -0.337 e. The Labute approximate surface area is 111 Å². The molecule has 1 atom stereocenters. The van der Waals surface area contributed by atoms with Crippen molar-refractivity contribution in [1.82, 2.24) is 14.9 Å². The third kappa shape index (κ3) is 1.89. The van der Waals surface area contributed by atoms with Gasteiger partial charge in [0.05, 0.1) is 6.04 Å². The third-order valence-electron chi connectivity index (χ3n) is 5.22. The zero-order chi connectivity index (χ0) is 13.6. The molecule has 1 N–H and O–H groups in total. The van der Waals surface area contributed by atoms with Crippen molar-refractivity contribution >= 4 is 0 Å². The molecule has 18 heavy (non-hydrogen) atoms. The van der Waals surface area contributed by atoms with Crippen molar-refractivity contribution in [1.29, 1.82) is 0 Å². The molecule has 1 aromatic heterocycles. The second kappa shape index (κ2) is 4.37. The predicted molar refractivity (Wildman–Crippen MR) is 75.3 cm³/mol. The van der Waals surface area contributed by atoms with Crippen LogP contribution in [0.15, 0.2) is 12.4 Å². The largest absolute Gasteiger partial charge is 0.337 e. The number of rotatable bonds is 5. The van der Waals surface area contributed by atoms with Crippen LogP contribution in [0.4, 0.5) is 0 Å². The SMILES string of the molecule is CCCNC(c1nccn1C)C1C(C)(C)C1(C)C. The normalized spacial score (nSPS) is 23.0. The van der Waals surface area contributed by atoms with Crippen LogP contribution in [0.1, 0.15) is 52.9 Å². The van der Waals surface area contributed by atoms with Gasteiger partial charge in [-0.15, -0.1) is 0 Å². The zero-order valence-electron chi connectivity index (χ0n) is 12.6. The molecule has 1 aromatic rings. The van der Waals surface area contributed by atoms with Gasteiger partial charge < -0.3 is 9.88 Å². The van der Waals surface area contributed by atoms with Crippen LogP contribution < -0.4 is 5.32 Å². The first-order valence-corrected chi connectivity index (χ1v) is 7.04. The highest BCUT2D eigenvalue weighted by Crippen LogP contribution is 2.72. The zero-order valence-corrected chi connectivity index (χ0v) is 12.6. The van der Waals surface area contributed by atoms with Gasteiger partial charge in [-0.25, -0.2) is 4.98 Å². The summed E-state index contributed by atoms with van der Waals surface area (Å²) in [5, 5.41) is 3.70. The molecule has 3 nitrogen and oxygen atoms in total. The van der Waals surface area contributed by atoms with Crippen molar-refractivity contribution in [3.63, 3.8) is 0 Å². The molecule has 0 bridgehead atoms. The Morgan fingerprint density at radius 2 is 1.94 bits per heavy atom. The second-order valence-corrected chi connectivity index (χ2v) is 6.75. The average Bonchev–Trinajstić information content (AvgIpc) is 2.64. The van der Waals surface area contributed by atoms with Crippen molar-refractivity contribution in [3.05, 3.63) is 18.2 Å². The molecule has 0 amide bonds. The van der Waals surface area contributed by atoms with E-state index in [9.17, 15) is 0 Å². The summed E-state index contributed by atoms with van der Waals surface area (Å²) in [6, 6.07) is 0.370. The van der Waals surface area contributed by atoms with Crippen LogP contribution in [-0.2, 0) is 7.05 Å². The first-order valence-electron chi connectivity index (χ1n) is 7.04. The topological polar surface area (TPSA) is 29.9 Å². The lowest BCUT2D eigenvalue weighted by Gasteiger charge is -2.20. The lowest BCUT2D eigenvalue weighted by atomic mass is 10.0. The Hall–Kier alpha value is -0.830. The molecule has 3 heteroatoms. The average molecular weight is 249 g/mol. The van der Waals surface area contributed by atoms with E-state index in [1.807, 2.05) is 12.4 Å². The van der Waals surface area contributed by atoms with Crippen LogP contribution in [0, 0.1) is 16.7 Å². The maximum absolute atomic E-state index is 4.56. The number of imidazole rings is 1. The van der Waals surface area contributed by atoms with Gasteiger partial charge in [0.2, 0.25) is 0 Å². The highest BCUT2D eigenvalue weighted by molar-refractivity contribution is 5.20. The second-order valence-electron chi connectivity index (χ2n) is 6.75. The molecule has 1 fully saturated rings. The summed E-state index contributed by atoms with van der Waals surface area (Å²) in [7, 11) is 2.09. The fourth-order valence-corrected chi connectivity index (χ4v) is 3.42. The van der Waals surface area contributed by atoms with Crippen molar-refractivity contribution in [2.45, 2.75) is 47.1 Å². The number of nitrogens with zero attached hydrogens (tertiary/aromatic N) is 2. The molecule has 0 aliphatic heterocycles. The smallest absolute Gasteiger partial charge is 0.125 e. The summed E-state index contributed by atoms with van der Waals surface area (Å²) in [5.74, 6) is 1.82. The van der Waals surface area contributed by atoms with Crippen LogP contribution in [-0.4, -0.2) is 16.1 Å². The van der Waals surface area contributed by atoms with Crippen molar-refractivity contribution < 1.29 is 0 Å². The summed E-state index contributed by atoms with van der Waals surface area (Å²) in [5.41, 5.74) is 0.759. The maximum Gasteiger partial charge on any atom is 0.125 e. The summed E-state index contributed by atoms with van der Waals surface area (Å²) in [4.78, 5) is 4.56. The van der Waals surface area contributed by atoms with E-state index in [1.54, 1.807) is 0 Å². The van der Waals surface area contributed by atoms with Crippen molar-refractivity contribution in [3.8, 4) is 0 Å². The lowest BCUT2D eigenvalue weighted by molar-refractivity contribution is 0.385. The van der Waals surface area contributed by atoms with Crippen molar-refractivity contribution in [2.75, 3.05) is 6.54 Å². The van der Waals surface area contributed by atoms with E-state index >= 15 is 0 Å². The Kier molecular flexibility index (Phi) is 3.30. The number of hydrogen-bond donors (Lipinski definition) is 1. The van der Waals surface area contributed by atoms with Crippen molar-refractivity contribution in [2.24, 2.45) is 23.8 Å². The molecule has 2 rings (SSSR count). The monoisotopic (exact) mass is 249 g/mol. The Bertz CT molecular complexity index is 403. The minimum atomic E-state index is 0.370. The molecule has 0 aromatic carbocycles. The van der Waals surface area contributed by atoms with Gasteiger partial charge in [0.15, 0.2) is 0 Å². The molecular weight excluding hydrogens is 222 g/mol. The molecule has 102 valence electrons. The third-order valence-corrected chi connectivity index (χ3v) is 5.22. The quantitative estimate of drug-likeness (QED) is 0.869. The standard InChI is InChI=1S/C15H27N3/c1-7-8-16-11(13-17-9-10-18(13)6)12-14(2,3)15(12,4)5/h9-12,16H,7-8H2,1-6H3. The highest BCUT2D eigenvalue weighted by atomic mass is 15.1. The minimum absolute atomic E-state index is 0.370. The van der Waals surface area contributed by atoms with Crippen LogP contribution in [0.5, 0.6) is 0 Å². The van der Waals surface area contributed by atoms with Crippen LogP contribution >= 0.6 is 0 Å². The fourth-order valence-electron chi connectivity index (χ4n) is 3.42. The van der Waals surface area contributed by atoms with E-state index in [1.165, 1.54) is 5.82 Å². The van der Waals surface area contributed by atoms with E-state index in [4.69, 9.17) is 0 Å².